The van der Waals surface area contributed by atoms with Crippen LogP contribution in [0.5, 0.6) is 5.75 Å². The Bertz CT molecular complexity index is 824. The van der Waals surface area contributed by atoms with Gasteiger partial charge < -0.3 is 10.1 Å². The summed E-state index contributed by atoms with van der Waals surface area (Å²) in [6, 6.07) is 25.8. The molecule has 0 aliphatic carbocycles. The number of ketones is 1. The molecular formula is C23H23NO2. The van der Waals surface area contributed by atoms with Crippen LogP contribution in [0.2, 0.25) is 0 Å². The van der Waals surface area contributed by atoms with E-state index in [1.807, 2.05) is 73.7 Å². The molecule has 3 aromatic carbocycles. The standard InChI is InChI=1S/C23H23NO2/c1-2-26-22-14-12-21(13-15-22)24-17-16-23(25)20-10-8-19(9-11-20)18-6-4-3-5-7-18/h3-15,24H,2,16-17H2,1H3. The molecule has 26 heavy (non-hydrogen) atoms. The molecule has 0 unspecified atom stereocenters. The second-order valence-electron chi connectivity index (χ2n) is 6.00. The van der Waals surface area contributed by atoms with Crippen molar-refractivity contribution in [3.8, 4) is 16.9 Å². The molecule has 132 valence electrons. The summed E-state index contributed by atoms with van der Waals surface area (Å²) in [5.74, 6) is 0.996. The molecule has 0 bridgehead atoms. The first kappa shape index (κ1) is 17.7. The van der Waals surface area contributed by atoms with Crippen molar-refractivity contribution in [2.45, 2.75) is 13.3 Å². The lowest BCUT2D eigenvalue weighted by Gasteiger charge is -2.08. The normalized spacial score (nSPS) is 10.3. The van der Waals surface area contributed by atoms with Gasteiger partial charge in [0.2, 0.25) is 0 Å². The molecule has 3 rings (SSSR count). The fourth-order valence-electron chi connectivity index (χ4n) is 2.78. The average molecular weight is 345 g/mol. The summed E-state index contributed by atoms with van der Waals surface area (Å²) in [4.78, 5) is 12.4. The summed E-state index contributed by atoms with van der Waals surface area (Å²) in [5.41, 5.74) is 4.01. The van der Waals surface area contributed by atoms with E-state index in [0.717, 1.165) is 28.1 Å². The number of hydrogen-bond acceptors (Lipinski definition) is 3. The Hall–Kier alpha value is -3.07. The molecular weight excluding hydrogens is 322 g/mol. The first-order valence-corrected chi connectivity index (χ1v) is 8.91. The van der Waals surface area contributed by atoms with Crippen molar-refractivity contribution >= 4 is 11.5 Å². The highest BCUT2D eigenvalue weighted by molar-refractivity contribution is 5.96. The van der Waals surface area contributed by atoms with E-state index in [1.165, 1.54) is 0 Å². The highest BCUT2D eigenvalue weighted by Crippen LogP contribution is 2.20. The number of hydrogen-bond donors (Lipinski definition) is 1. The topological polar surface area (TPSA) is 38.3 Å². The highest BCUT2D eigenvalue weighted by Gasteiger charge is 2.06. The summed E-state index contributed by atoms with van der Waals surface area (Å²) in [6.07, 6.45) is 0.456. The number of Topliss-reactive ketones (excluding diaryl/α,β-unsaturated/α-hetero) is 1. The number of nitrogens with one attached hydrogen (secondary N) is 1. The van der Waals surface area contributed by atoms with Gasteiger partial charge in [0.25, 0.3) is 0 Å². The largest absolute Gasteiger partial charge is 0.494 e. The van der Waals surface area contributed by atoms with Crippen LogP contribution in [0, 0.1) is 0 Å². The van der Waals surface area contributed by atoms with Gasteiger partial charge in [0, 0.05) is 24.2 Å². The molecule has 0 atom stereocenters. The van der Waals surface area contributed by atoms with E-state index in [2.05, 4.69) is 17.4 Å². The van der Waals surface area contributed by atoms with Crippen LogP contribution in [0.3, 0.4) is 0 Å². The number of carbonyl (C=O) groups excluding carboxylic acids is 1. The van der Waals surface area contributed by atoms with Gasteiger partial charge in [0.15, 0.2) is 5.78 Å². The van der Waals surface area contributed by atoms with Gasteiger partial charge in [-0.3, -0.25) is 4.79 Å². The molecule has 0 aliphatic heterocycles. The van der Waals surface area contributed by atoms with Crippen LogP contribution < -0.4 is 10.1 Å². The van der Waals surface area contributed by atoms with Crippen molar-refractivity contribution in [1.82, 2.24) is 0 Å². The van der Waals surface area contributed by atoms with E-state index in [1.54, 1.807) is 0 Å². The molecule has 0 amide bonds. The maximum absolute atomic E-state index is 12.4. The van der Waals surface area contributed by atoms with Crippen LogP contribution in [0.15, 0.2) is 78.9 Å². The number of carbonyl (C=O) groups is 1. The SMILES string of the molecule is CCOc1ccc(NCCC(=O)c2ccc(-c3ccccc3)cc2)cc1. The first-order chi connectivity index (χ1) is 12.8. The zero-order chi connectivity index (χ0) is 18.2. The Morgan fingerprint density at radius 3 is 2.15 bits per heavy atom. The minimum absolute atomic E-state index is 0.142. The maximum atomic E-state index is 12.4. The van der Waals surface area contributed by atoms with Crippen molar-refractivity contribution in [3.05, 3.63) is 84.4 Å². The third-order valence-corrected chi connectivity index (χ3v) is 4.16. The van der Waals surface area contributed by atoms with Gasteiger partial charge in [-0.1, -0.05) is 54.6 Å². The summed E-state index contributed by atoms with van der Waals surface area (Å²) < 4.78 is 5.42. The zero-order valence-corrected chi connectivity index (χ0v) is 14.9. The van der Waals surface area contributed by atoms with Crippen molar-refractivity contribution in [2.75, 3.05) is 18.5 Å². The molecule has 1 N–H and O–H groups in total. The molecule has 0 saturated carbocycles. The Morgan fingerprint density at radius 2 is 1.50 bits per heavy atom. The van der Waals surface area contributed by atoms with Crippen LogP contribution in [0.1, 0.15) is 23.7 Å². The summed E-state index contributed by atoms with van der Waals surface area (Å²) >= 11 is 0. The van der Waals surface area contributed by atoms with Crippen molar-refractivity contribution in [3.63, 3.8) is 0 Å². The van der Waals surface area contributed by atoms with Gasteiger partial charge in [-0.2, -0.15) is 0 Å². The fraction of sp³-hybridized carbons (Fsp3) is 0.174. The third kappa shape index (κ3) is 4.73. The minimum atomic E-state index is 0.142. The fourth-order valence-corrected chi connectivity index (χ4v) is 2.78. The Kier molecular flexibility index (Phi) is 6.05. The predicted octanol–water partition coefficient (Wildman–Crippen LogP) is 5.44. The molecule has 0 radical (unpaired) electrons. The second-order valence-corrected chi connectivity index (χ2v) is 6.00. The average Bonchev–Trinajstić information content (AvgIpc) is 2.70. The number of rotatable bonds is 8. The van der Waals surface area contributed by atoms with Crippen LogP contribution in [-0.4, -0.2) is 18.9 Å². The predicted molar refractivity (Wildman–Crippen MR) is 107 cm³/mol. The van der Waals surface area contributed by atoms with E-state index >= 15 is 0 Å². The quantitative estimate of drug-likeness (QED) is 0.553. The van der Waals surface area contributed by atoms with Crippen LogP contribution in [-0.2, 0) is 0 Å². The second kappa shape index (κ2) is 8.86. The van der Waals surface area contributed by atoms with Crippen molar-refractivity contribution in [2.24, 2.45) is 0 Å². The van der Waals surface area contributed by atoms with Gasteiger partial charge in [0.05, 0.1) is 6.61 Å². The smallest absolute Gasteiger partial charge is 0.164 e. The summed E-state index contributed by atoms with van der Waals surface area (Å²) in [5, 5.41) is 3.28. The summed E-state index contributed by atoms with van der Waals surface area (Å²) in [6.45, 7) is 3.22. The van der Waals surface area contributed by atoms with Crippen LogP contribution in [0.4, 0.5) is 5.69 Å². The molecule has 0 aliphatic rings. The lowest BCUT2D eigenvalue weighted by atomic mass is 10.0. The van der Waals surface area contributed by atoms with Crippen LogP contribution >= 0.6 is 0 Å². The van der Waals surface area contributed by atoms with Crippen molar-refractivity contribution < 1.29 is 9.53 Å². The Balaban J connectivity index is 1.52. The van der Waals surface area contributed by atoms with Crippen LogP contribution in [0.25, 0.3) is 11.1 Å². The lowest BCUT2D eigenvalue weighted by Crippen LogP contribution is -2.08. The molecule has 0 heterocycles. The molecule has 3 aromatic rings. The van der Waals surface area contributed by atoms with E-state index in [9.17, 15) is 4.79 Å². The molecule has 0 fully saturated rings. The van der Waals surface area contributed by atoms with Crippen molar-refractivity contribution in [1.29, 1.82) is 0 Å². The number of benzene rings is 3. The summed E-state index contributed by atoms with van der Waals surface area (Å²) in [7, 11) is 0. The minimum Gasteiger partial charge on any atom is -0.494 e. The Labute approximate surface area is 154 Å². The lowest BCUT2D eigenvalue weighted by molar-refractivity contribution is 0.0986. The molecule has 3 nitrogen and oxygen atoms in total. The van der Waals surface area contributed by atoms with Gasteiger partial charge in [-0.25, -0.2) is 0 Å². The molecule has 3 heteroatoms. The van der Waals surface area contributed by atoms with E-state index in [0.29, 0.717) is 19.6 Å². The molecule has 0 saturated heterocycles. The first-order valence-electron chi connectivity index (χ1n) is 8.91. The molecule has 0 spiro atoms. The number of ether oxygens (including phenoxy) is 1. The Morgan fingerprint density at radius 1 is 0.846 bits per heavy atom. The zero-order valence-electron chi connectivity index (χ0n) is 14.9. The monoisotopic (exact) mass is 345 g/mol. The van der Waals surface area contributed by atoms with Gasteiger partial charge >= 0.3 is 0 Å². The van der Waals surface area contributed by atoms with E-state index in [4.69, 9.17) is 4.74 Å². The molecule has 0 aromatic heterocycles. The van der Waals surface area contributed by atoms with E-state index in [-0.39, 0.29) is 5.78 Å². The van der Waals surface area contributed by atoms with Gasteiger partial charge in [-0.15, -0.1) is 0 Å². The van der Waals surface area contributed by atoms with Gasteiger partial charge in [-0.05, 0) is 42.3 Å². The van der Waals surface area contributed by atoms with E-state index < -0.39 is 0 Å². The maximum Gasteiger partial charge on any atom is 0.164 e. The number of anilines is 1. The third-order valence-electron chi connectivity index (χ3n) is 4.16. The van der Waals surface area contributed by atoms with Gasteiger partial charge in [0.1, 0.15) is 5.75 Å². The highest BCUT2D eigenvalue weighted by atomic mass is 16.5.